The maximum absolute atomic E-state index is 4.67. The van der Waals surface area contributed by atoms with Crippen molar-refractivity contribution in [3.8, 4) is 0 Å². The fourth-order valence-electron chi connectivity index (χ4n) is 2.19. The Morgan fingerprint density at radius 3 is 1.89 bits per heavy atom. The summed E-state index contributed by atoms with van der Waals surface area (Å²) in [6.07, 6.45) is 1.00. The highest BCUT2D eigenvalue weighted by atomic mass is 127. The number of aliphatic imine (C=N–C) groups is 1. The van der Waals surface area contributed by atoms with Crippen LogP contribution >= 0.6 is 24.0 Å². The van der Waals surface area contributed by atoms with Gasteiger partial charge in [0.25, 0.3) is 0 Å². The summed E-state index contributed by atoms with van der Waals surface area (Å²) in [7, 11) is 8.10. The van der Waals surface area contributed by atoms with Crippen LogP contribution in [0.2, 0.25) is 0 Å². The molecule has 0 heterocycles. The summed E-state index contributed by atoms with van der Waals surface area (Å²) in [6, 6.07) is 6.46. The average molecular weight is 375 g/mol. The molecule has 0 aromatic heterocycles. The first-order valence-electron chi connectivity index (χ1n) is 6.37. The molecule has 1 aromatic rings. The first kappa shape index (κ1) is 18.2. The minimum absolute atomic E-state index is 0. The highest BCUT2D eigenvalue weighted by Gasteiger charge is 2.05. The van der Waals surface area contributed by atoms with Crippen LogP contribution in [0.3, 0.4) is 0 Å². The molecule has 108 valence electrons. The molecule has 0 bridgehead atoms. The van der Waals surface area contributed by atoms with E-state index in [9.17, 15) is 0 Å². The molecule has 0 spiro atoms. The van der Waals surface area contributed by atoms with Gasteiger partial charge in [0.1, 0.15) is 0 Å². The predicted octanol–water partition coefficient (Wildman–Crippen LogP) is 2.94. The summed E-state index contributed by atoms with van der Waals surface area (Å²) < 4.78 is 0. The van der Waals surface area contributed by atoms with E-state index >= 15 is 0 Å². The van der Waals surface area contributed by atoms with Crippen molar-refractivity contribution in [2.24, 2.45) is 4.99 Å². The molecule has 1 aromatic carbocycles. The second-order valence-electron chi connectivity index (χ2n) is 5.09. The van der Waals surface area contributed by atoms with Crippen LogP contribution < -0.4 is 0 Å². The van der Waals surface area contributed by atoms with Gasteiger partial charge in [-0.15, -0.1) is 24.0 Å². The van der Waals surface area contributed by atoms with Crippen LogP contribution in [-0.2, 0) is 6.42 Å². The largest absolute Gasteiger partial charge is 0.349 e. The molecular weight excluding hydrogens is 349 g/mol. The summed E-state index contributed by atoms with van der Waals surface area (Å²) in [4.78, 5) is 8.76. The van der Waals surface area contributed by atoms with E-state index in [4.69, 9.17) is 0 Å². The Balaban J connectivity index is 0.00000324. The van der Waals surface area contributed by atoms with Crippen molar-refractivity contribution >= 4 is 29.9 Å². The molecule has 0 saturated carbocycles. The topological polar surface area (TPSA) is 18.8 Å². The lowest BCUT2D eigenvalue weighted by Gasteiger charge is -2.22. The van der Waals surface area contributed by atoms with Gasteiger partial charge in [-0.1, -0.05) is 18.2 Å². The minimum Gasteiger partial charge on any atom is -0.349 e. The maximum atomic E-state index is 4.67. The van der Waals surface area contributed by atoms with Crippen molar-refractivity contribution < 1.29 is 0 Å². The smallest absolute Gasteiger partial charge is 0.195 e. The molecular formula is C15H26IN3. The van der Waals surface area contributed by atoms with E-state index in [-0.39, 0.29) is 24.0 Å². The van der Waals surface area contributed by atoms with Gasteiger partial charge in [0.15, 0.2) is 5.96 Å². The number of rotatable bonds is 3. The zero-order chi connectivity index (χ0) is 13.7. The van der Waals surface area contributed by atoms with Crippen LogP contribution in [0.25, 0.3) is 0 Å². The Morgan fingerprint density at radius 2 is 1.47 bits per heavy atom. The van der Waals surface area contributed by atoms with Crippen LogP contribution in [0.5, 0.6) is 0 Å². The molecule has 0 amide bonds. The van der Waals surface area contributed by atoms with Gasteiger partial charge in [0.05, 0.1) is 0 Å². The third-order valence-corrected chi connectivity index (χ3v) is 3.06. The Bertz CT molecular complexity index is 395. The molecule has 0 aliphatic carbocycles. The number of benzene rings is 1. The van der Waals surface area contributed by atoms with E-state index in [2.05, 4.69) is 37.0 Å². The van der Waals surface area contributed by atoms with Gasteiger partial charge in [0.2, 0.25) is 0 Å². The van der Waals surface area contributed by atoms with Crippen LogP contribution in [0.4, 0.5) is 0 Å². The third kappa shape index (κ3) is 5.38. The first-order valence-corrected chi connectivity index (χ1v) is 6.37. The Hall–Kier alpha value is -0.780. The summed E-state index contributed by atoms with van der Waals surface area (Å²) in [5.41, 5.74) is 4.15. The number of hydrogen-bond donors (Lipinski definition) is 0. The SMILES string of the molecule is Cc1cccc(C)c1CCN=C(N(C)C)N(C)C.I. The molecule has 0 radical (unpaired) electrons. The van der Waals surface area contributed by atoms with Gasteiger partial charge < -0.3 is 9.80 Å². The molecule has 0 N–H and O–H groups in total. The standard InChI is InChI=1S/C15H25N3.HI/c1-12-8-7-9-13(2)14(12)10-11-16-15(17(3)4)18(5)6;/h7-9H,10-11H2,1-6H3;1H. The second-order valence-corrected chi connectivity index (χ2v) is 5.09. The van der Waals surface area contributed by atoms with Crippen LogP contribution in [0, 0.1) is 13.8 Å². The fraction of sp³-hybridized carbons (Fsp3) is 0.533. The van der Waals surface area contributed by atoms with Gasteiger partial charge in [-0.3, -0.25) is 4.99 Å². The molecule has 19 heavy (non-hydrogen) atoms. The molecule has 0 unspecified atom stereocenters. The van der Waals surface area contributed by atoms with Crippen molar-refractivity contribution in [3.63, 3.8) is 0 Å². The average Bonchev–Trinajstić information content (AvgIpc) is 2.26. The van der Waals surface area contributed by atoms with Crippen LogP contribution in [0.1, 0.15) is 16.7 Å². The second kappa shape index (κ2) is 8.40. The molecule has 1 rings (SSSR count). The normalized spacial score (nSPS) is 9.58. The van der Waals surface area contributed by atoms with E-state index in [1.54, 1.807) is 0 Å². The summed E-state index contributed by atoms with van der Waals surface area (Å²) >= 11 is 0. The van der Waals surface area contributed by atoms with E-state index in [1.807, 2.05) is 38.0 Å². The van der Waals surface area contributed by atoms with E-state index in [0.717, 1.165) is 18.9 Å². The zero-order valence-corrected chi connectivity index (χ0v) is 15.2. The van der Waals surface area contributed by atoms with Crippen molar-refractivity contribution in [1.29, 1.82) is 0 Å². The number of nitrogens with zero attached hydrogens (tertiary/aromatic N) is 3. The zero-order valence-electron chi connectivity index (χ0n) is 12.9. The Labute approximate surface area is 134 Å². The van der Waals surface area contributed by atoms with Gasteiger partial charge in [-0.25, -0.2) is 0 Å². The van der Waals surface area contributed by atoms with Crippen LogP contribution in [-0.4, -0.2) is 50.5 Å². The molecule has 4 heteroatoms. The number of hydrogen-bond acceptors (Lipinski definition) is 1. The Morgan fingerprint density at radius 1 is 1.00 bits per heavy atom. The lowest BCUT2D eigenvalue weighted by molar-refractivity contribution is 0.479. The minimum atomic E-state index is 0. The molecule has 0 aliphatic heterocycles. The third-order valence-electron chi connectivity index (χ3n) is 3.06. The predicted molar refractivity (Wildman–Crippen MR) is 94.7 cm³/mol. The maximum Gasteiger partial charge on any atom is 0.195 e. The van der Waals surface area contributed by atoms with Crippen molar-refractivity contribution in [3.05, 3.63) is 34.9 Å². The van der Waals surface area contributed by atoms with Crippen molar-refractivity contribution in [1.82, 2.24) is 9.80 Å². The van der Waals surface area contributed by atoms with E-state index in [0.29, 0.717) is 0 Å². The van der Waals surface area contributed by atoms with Crippen molar-refractivity contribution in [2.75, 3.05) is 34.7 Å². The quantitative estimate of drug-likeness (QED) is 0.460. The molecule has 0 atom stereocenters. The van der Waals surface area contributed by atoms with E-state index < -0.39 is 0 Å². The van der Waals surface area contributed by atoms with Crippen LogP contribution in [0.15, 0.2) is 23.2 Å². The first-order chi connectivity index (χ1) is 8.43. The molecule has 3 nitrogen and oxygen atoms in total. The Kier molecular flexibility index (Phi) is 8.06. The van der Waals surface area contributed by atoms with Gasteiger partial charge in [-0.2, -0.15) is 0 Å². The molecule has 0 aliphatic rings. The molecule has 0 saturated heterocycles. The fourth-order valence-corrected chi connectivity index (χ4v) is 2.19. The highest BCUT2D eigenvalue weighted by Crippen LogP contribution is 2.13. The highest BCUT2D eigenvalue weighted by molar-refractivity contribution is 14.0. The summed E-state index contributed by atoms with van der Waals surface area (Å²) in [5, 5.41) is 0. The van der Waals surface area contributed by atoms with Gasteiger partial charge in [0, 0.05) is 34.7 Å². The van der Waals surface area contributed by atoms with Crippen molar-refractivity contribution in [2.45, 2.75) is 20.3 Å². The summed E-state index contributed by atoms with van der Waals surface area (Å²) in [5.74, 6) is 1.02. The van der Waals surface area contributed by atoms with Gasteiger partial charge >= 0.3 is 0 Å². The lowest BCUT2D eigenvalue weighted by Crippen LogP contribution is -2.35. The molecule has 0 fully saturated rings. The number of guanidine groups is 1. The monoisotopic (exact) mass is 375 g/mol. The summed E-state index contributed by atoms with van der Waals surface area (Å²) in [6.45, 7) is 5.17. The lowest BCUT2D eigenvalue weighted by atomic mass is 10.0. The number of aryl methyl sites for hydroxylation is 2. The number of halogens is 1. The van der Waals surface area contributed by atoms with E-state index in [1.165, 1.54) is 16.7 Å². The van der Waals surface area contributed by atoms with Gasteiger partial charge in [-0.05, 0) is 37.0 Å².